The SMILES string of the molecule is CCCN1CCC(CNC(=O)NCC2(C)CCCCC2O)CC1. The third-order valence-electron chi connectivity index (χ3n) is 5.73. The Bertz CT molecular complexity index is 369. The van der Waals surface area contributed by atoms with Gasteiger partial charge >= 0.3 is 6.03 Å². The van der Waals surface area contributed by atoms with Gasteiger partial charge in [-0.15, -0.1) is 0 Å². The fourth-order valence-electron chi connectivity index (χ4n) is 3.90. The molecule has 3 N–H and O–H groups in total. The first-order chi connectivity index (χ1) is 11.0. The highest BCUT2D eigenvalue weighted by molar-refractivity contribution is 5.73. The molecule has 2 unspecified atom stereocenters. The van der Waals surface area contributed by atoms with Gasteiger partial charge in [-0.05, 0) is 57.7 Å². The van der Waals surface area contributed by atoms with Crippen LogP contribution in [0.5, 0.6) is 0 Å². The van der Waals surface area contributed by atoms with Crippen LogP contribution in [0.1, 0.15) is 58.8 Å². The Hall–Kier alpha value is -0.810. The Balaban J connectivity index is 1.62. The van der Waals surface area contributed by atoms with E-state index in [9.17, 15) is 9.90 Å². The number of likely N-dealkylation sites (tertiary alicyclic amines) is 1. The second-order valence-corrected chi connectivity index (χ2v) is 7.76. The topological polar surface area (TPSA) is 64.6 Å². The van der Waals surface area contributed by atoms with Crippen LogP contribution >= 0.6 is 0 Å². The molecule has 0 aromatic heterocycles. The van der Waals surface area contributed by atoms with Crippen molar-refractivity contribution in [3.63, 3.8) is 0 Å². The fourth-order valence-corrected chi connectivity index (χ4v) is 3.90. The second kappa shape index (κ2) is 8.88. The van der Waals surface area contributed by atoms with Gasteiger partial charge in [0, 0.05) is 18.5 Å². The molecule has 2 fully saturated rings. The van der Waals surface area contributed by atoms with E-state index in [0.29, 0.717) is 12.5 Å². The molecule has 1 aliphatic carbocycles. The van der Waals surface area contributed by atoms with Crippen LogP contribution in [0.25, 0.3) is 0 Å². The summed E-state index contributed by atoms with van der Waals surface area (Å²) in [5.74, 6) is 0.602. The molecule has 2 aliphatic rings. The van der Waals surface area contributed by atoms with Crippen LogP contribution in [-0.4, -0.2) is 54.9 Å². The van der Waals surface area contributed by atoms with Gasteiger partial charge < -0.3 is 20.6 Å². The average molecular weight is 325 g/mol. The molecule has 5 heteroatoms. The van der Waals surface area contributed by atoms with Gasteiger partial charge in [-0.25, -0.2) is 4.79 Å². The first-order valence-electron chi connectivity index (χ1n) is 9.45. The van der Waals surface area contributed by atoms with Crippen molar-refractivity contribution in [2.75, 3.05) is 32.7 Å². The summed E-state index contributed by atoms with van der Waals surface area (Å²) in [6.45, 7) is 9.15. The van der Waals surface area contributed by atoms with Gasteiger partial charge in [-0.1, -0.05) is 26.7 Å². The van der Waals surface area contributed by atoms with Crippen LogP contribution < -0.4 is 10.6 Å². The van der Waals surface area contributed by atoms with E-state index >= 15 is 0 Å². The molecule has 0 spiro atoms. The quantitative estimate of drug-likeness (QED) is 0.702. The Labute approximate surface area is 141 Å². The van der Waals surface area contributed by atoms with Crippen molar-refractivity contribution >= 4 is 6.03 Å². The number of carbonyl (C=O) groups is 1. The van der Waals surface area contributed by atoms with Crippen LogP contribution in [0.2, 0.25) is 0 Å². The molecule has 1 heterocycles. The first kappa shape index (κ1) is 18.5. The van der Waals surface area contributed by atoms with E-state index < -0.39 is 0 Å². The molecule has 1 saturated carbocycles. The summed E-state index contributed by atoms with van der Waals surface area (Å²) in [5.41, 5.74) is -0.166. The maximum atomic E-state index is 12.0. The number of nitrogens with zero attached hydrogens (tertiary/aromatic N) is 1. The molecule has 1 saturated heterocycles. The molecule has 0 aromatic carbocycles. The zero-order valence-electron chi connectivity index (χ0n) is 14.9. The van der Waals surface area contributed by atoms with Gasteiger partial charge in [-0.3, -0.25) is 0 Å². The Kier molecular flexibility index (Phi) is 7.15. The third kappa shape index (κ3) is 5.64. The lowest BCUT2D eigenvalue weighted by atomic mass is 9.73. The van der Waals surface area contributed by atoms with Gasteiger partial charge in [0.15, 0.2) is 0 Å². The van der Waals surface area contributed by atoms with Gasteiger partial charge in [-0.2, -0.15) is 0 Å². The van der Waals surface area contributed by atoms with Crippen molar-refractivity contribution < 1.29 is 9.90 Å². The van der Waals surface area contributed by atoms with E-state index in [1.54, 1.807) is 0 Å². The standard InChI is InChI=1S/C18H35N3O2/c1-3-10-21-11-7-15(8-12-21)13-19-17(23)20-14-18(2)9-5-4-6-16(18)22/h15-16,22H,3-14H2,1-2H3,(H2,19,20,23). The van der Waals surface area contributed by atoms with Crippen LogP contribution in [-0.2, 0) is 0 Å². The van der Waals surface area contributed by atoms with E-state index in [1.165, 1.54) is 25.8 Å². The molecule has 0 radical (unpaired) electrons. The van der Waals surface area contributed by atoms with Crippen LogP contribution in [0.15, 0.2) is 0 Å². The zero-order valence-corrected chi connectivity index (χ0v) is 14.9. The van der Waals surface area contributed by atoms with E-state index in [2.05, 4.69) is 29.4 Å². The summed E-state index contributed by atoms with van der Waals surface area (Å²) < 4.78 is 0. The highest BCUT2D eigenvalue weighted by Crippen LogP contribution is 2.35. The smallest absolute Gasteiger partial charge is 0.314 e. The van der Waals surface area contributed by atoms with E-state index in [1.807, 2.05) is 0 Å². The van der Waals surface area contributed by atoms with E-state index in [-0.39, 0.29) is 17.6 Å². The second-order valence-electron chi connectivity index (χ2n) is 7.76. The van der Waals surface area contributed by atoms with Gasteiger partial charge in [0.1, 0.15) is 0 Å². The Morgan fingerprint density at radius 3 is 2.61 bits per heavy atom. The summed E-state index contributed by atoms with van der Waals surface area (Å²) >= 11 is 0. The highest BCUT2D eigenvalue weighted by Gasteiger charge is 2.35. The van der Waals surface area contributed by atoms with Crippen molar-refractivity contribution in [1.29, 1.82) is 0 Å². The van der Waals surface area contributed by atoms with Crippen molar-refractivity contribution in [2.45, 2.75) is 64.9 Å². The molecule has 2 amide bonds. The van der Waals surface area contributed by atoms with Crippen molar-refractivity contribution in [3.05, 3.63) is 0 Å². The van der Waals surface area contributed by atoms with Gasteiger partial charge in [0.2, 0.25) is 0 Å². The molecular weight excluding hydrogens is 290 g/mol. The summed E-state index contributed by atoms with van der Waals surface area (Å²) in [7, 11) is 0. The summed E-state index contributed by atoms with van der Waals surface area (Å²) in [6.07, 6.45) is 7.37. The number of urea groups is 1. The Morgan fingerprint density at radius 1 is 1.22 bits per heavy atom. The van der Waals surface area contributed by atoms with E-state index in [4.69, 9.17) is 0 Å². The number of hydrogen-bond donors (Lipinski definition) is 3. The zero-order chi connectivity index (χ0) is 16.7. The first-order valence-corrected chi connectivity index (χ1v) is 9.45. The van der Waals surface area contributed by atoms with Crippen molar-refractivity contribution in [1.82, 2.24) is 15.5 Å². The van der Waals surface area contributed by atoms with Crippen LogP contribution in [0.3, 0.4) is 0 Å². The number of amides is 2. The molecule has 2 rings (SSSR count). The van der Waals surface area contributed by atoms with E-state index in [0.717, 1.165) is 45.3 Å². The highest BCUT2D eigenvalue weighted by atomic mass is 16.3. The van der Waals surface area contributed by atoms with Crippen LogP contribution in [0, 0.1) is 11.3 Å². The minimum atomic E-state index is -0.292. The maximum Gasteiger partial charge on any atom is 0.314 e. The number of nitrogens with one attached hydrogen (secondary N) is 2. The number of aliphatic hydroxyl groups is 1. The molecule has 0 aromatic rings. The van der Waals surface area contributed by atoms with Gasteiger partial charge in [0.25, 0.3) is 0 Å². The van der Waals surface area contributed by atoms with Crippen LogP contribution in [0.4, 0.5) is 4.79 Å². The molecular formula is C18H35N3O2. The number of carbonyl (C=O) groups excluding carboxylic acids is 1. The molecule has 23 heavy (non-hydrogen) atoms. The number of rotatable bonds is 6. The minimum Gasteiger partial charge on any atom is -0.392 e. The third-order valence-corrected chi connectivity index (χ3v) is 5.73. The number of piperidine rings is 1. The van der Waals surface area contributed by atoms with Crippen molar-refractivity contribution in [2.24, 2.45) is 11.3 Å². The minimum absolute atomic E-state index is 0.0833. The number of aliphatic hydroxyl groups excluding tert-OH is 1. The monoisotopic (exact) mass is 325 g/mol. The fraction of sp³-hybridized carbons (Fsp3) is 0.944. The molecule has 5 nitrogen and oxygen atoms in total. The predicted octanol–water partition coefficient (Wildman–Crippen LogP) is 2.35. The largest absolute Gasteiger partial charge is 0.392 e. The average Bonchev–Trinajstić information content (AvgIpc) is 2.56. The summed E-state index contributed by atoms with van der Waals surface area (Å²) in [6, 6.07) is -0.0833. The lowest BCUT2D eigenvalue weighted by Gasteiger charge is -2.38. The molecule has 0 bridgehead atoms. The predicted molar refractivity (Wildman–Crippen MR) is 93.4 cm³/mol. The normalized spacial score (nSPS) is 30.1. The lowest BCUT2D eigenvalue weighted by molar-refractivity contribution is 0.00307. The molecule has 134 valence electrons. The summed E-state index contributed by atoms with van der Waals surface area (Å²) in [4.78, 5) is 14.5. The Morgan fingerprint density at radius 2 is 1.96 bits per heavy atom. The van der Waals surface area contributed by atoms with Gasteiger partial charge in [0.05, 0.1) is 6.10 Å². The number of hydrogen-bond acceptors (Lipinski definition) is 3. The van der Waals surface area contributed by atoms with Crippen molar-refractivity contribution in [3.8, 4) is 0 Å². The molecule has 1 aliphatic heterocycles. The summed E-state index contributed by atoms with van der Waals surface area (Å²) in [5, 5.41) is 16.2. The lowest BCUT2D eigenvalue weighted by Crippen LogP contribution is -2.48. The molecule has 2 atom stereocenters. The maximum absolute atomic E-state index is 12.0.